The van der Waals surface area contributed by atoms with Gasteiger partial charge in [0.2, 0.25) is 5.88 Å². The molecule has 0 aliphatic heterocycles. The number of nitrogen functional groups attached to an aromatic ring is 1. The fraction of sp³-hybridized carbons (Fsp3) is 0.714. The standard InChI is InChI=1S/C14H27N5O/c1-5-11-17-13(12(15)14(18-11)20-8-4)16-9-10-19(6-2)7-3/h5-10,15H2,1-4H3,(H,16,17,18). The summed E-state index contributed by atoms with van der Waals surface area (Å²) in [6.07, 6.45) is 0.755. The Hall–Kier alpha value is -1.56. The summed E-state index contributed by atoms with van der Waals surface area (Å²) in [6, 6.07) is 0. The van der Waals surface area contributed by atoms with E-state index in [0.717, 1.165) is 38.4 Å². The molecule has 0 bridgehead atoms. The van der Waals surface area contributed by atoms with Gasteiger partial charge in [0.15, 0.2) is 5.82 Å². The zero-order chi connectivity index (χ0) is 15.0. The maximum atomic E-state index is 6.05. The maximum Gasteiger partial charge on any atom is 0.242 e. The molecule has 0 aromatic carbocycles. The molecule has 1 heterocycles. The molecule has 0 unspecified atom stereocenters. The van der Waals surface area contributed by atoms with Crippen LogP contribution in [-0.2, 0) is 6.42 Å². The number of nitrogens with one attached hydrogen (secondary N) is 1. The molecule has 20 heavy (non-hydrogen) atoms. The molecule has 0 fully saturated rings. The minimum absolute atomic E-state index is 0.477. The zero-order valence-corrected chi connectivity index (χ0v) is 13.1. The summed E-state index contributed by atoms with van der Waals surface area (Å²) >= 11 is 0. The highest BCUT2D eigenvalue weighted by Crippen LogP contribution is 2.26. The van der Waals surface area contributed by atoms with Crippen molar-refractivity contribution in [2.45, 2.75) is 34.1 Å². The molecule has 0 saturated heterocycles. The highest BCUT2D eigenvalue weighted by molar-refractivity contribution is 5.66. The molecule has 6 nitrogen and oxygen atoms in total. The fourth-order valence-corrected chi connectivity index (χ4v) is 1.90. The topological polar surface area (TPSA) is 76.3 Å². The van der Waals surface area contributed by atoms with Gasteiger partial charge in [-0.3, -0.25) is 0 Å². The first-order chi connectivity index (χ1) is 9.65. The third-order valence-corrected chi connectivity index (χ3v) is 3.17. The van der Waals surface area contributed by atoms with Gasteiger partial charge in [0.25, 0.3) is 0 Å². The minimum atomic E-state index is 0.477. The lowest BCUT2D eigenvalue weighted by molar-refractivity contribution is 0.315. The predicted octanol–water partition coefficient (Wildman–Crippen LogP) is 1.77. The summed E-state index contributed by atoms with van der Waals surface area (Å²) in [5.74, 6) is 1.89. The first-order valence-electron chi connectivity index (χ1n) is 7.41. The van der Waals surface area contributed by atoms with E-state index in [4.69, 9.17) is 10.5 Å². The second-order valence-electron chi connectivity index (χ2n) is 4.45. The number of hydrogen-bond acceptors (Lipinski definition) is 6. The molecule has 0 atom stereocenters. The first-order valence-corrected chi connectivity index (χ1v) is 7.41. The van der Waals surface area contributed by atoms with Crippen LogP contribution in [0.2, 0.25) is 0 Å². The second kappa shape index (κ2) is 8.58. The monoisotopic (exact) mass is 281 g/mol. The van der Waals surface area contributed by atoms with E-state index in [9.17, 15) is 0 Å². The van der Waals surface area contributed by atoms with Gasteiger partial charge in [-0.05, 0) is 20.0 Å². The molecule has 0 spiro atoms. The Balaban J connectivity index is 2.75. The molecule has 0 amide bonds. The predicted molar refractivity (Wildman–Crippen MR) is 83.3 cm³/mol. The van der Waals surface area contributed by atoms with Crippen LogP contribution >= 0.6 is 0 Å². The summed E-state index contributed by atoms with van der Waals surface area (Å²) in [5.41, 5.74) is 6.54. The van der Waals surface area contributed by atoms with Gasteiger partial charge >= 0.3 is 0 Å². The van der Waals surface area contributed by atoms with E-state index in [1.165, 1.54) is 0 Å². The summed E-state index contributed by atoms with van der Waals surface area (Å²) in [4.78, 5) is 11.1. The Morgan fingerprint density at radius 3 is 2.40 bits per heavy atom. The van der Waals surface area contributed by atoms with E-state index in [-0.39, 0.29) is 0 Å². The van der Waals surface area contributed by atoms with Gasteiger partial charge in [0.1, 0.15) is 11.5 Å². The highest BCUT2D eigenvalue weighted by Gasteiger charge is 2.12. The maximum absolute atomic E-state index is 6.05. The second-order valence-corrected chi connectivity index (χ2v) is 4.45. The van der Waals surface area contributed by atoms with Crippen molar-refractivity contribution >= 4 is 11.5 Å². The van der Waals surface area contributed by atoms with Gasteiger partial charge in [0, 0.05) is 19.5 Å². The van der Waals surface area contributed by atoms with Crippen LogP contribution in [0.4, 0.5) is 11.5 Å². The van der Waals surface area contributed by atoms with Crippen molar-refractivity contribution in [1.29, 1.82) is 0 Å². The molecule has 6 heteroatoms. The lowest BCUT2D eigenvalue weighted by atomic mass is 10.4. The van der Waals surface area contributed by atoms with Crippen molar-refractivity contribution in [3.8, 4) is 5.88 Å². The van der Waals surface area contributed by atoms with Crippen molar-refractivity contribution in [2.75, 3.05) is 43.8 Å². The van der Waals surface area contributed by atoms with E-state index < -0.39 is 0 Å². The quantitative estimate of drug-likeness (QED) is 0.718. The summed E-state index contributed by atoms with van der Waals surface area (Å²) < 4.78 is 5.46. The number of hydrogen-bond donors (Lipinski definition) is 2. The molecule has 114 valence electrons. The Bertz CT molecular complexity index is 407. The molecule has 0 radical (unpaired) electrons. The van der Waals surface area contributed by atoms with Crippen LogP contribution in [0.25, 0.3) is 0 Å². The van der Waals surface area contributed by atoms with Crippen LogP contribution in [-0.4, -0.2) is 47.7 Å². The number of anilines is 2. The highest BCUT2D eigenvalue weighted by atomic mass is 16.5. The van der Waals surface area contributed by atoms with Gasteiger partial charge in [-0.1, -0.05) is 20.8 Å². The van der Waals surface area contributed by atoms with Crippen LogP contribution in [0.15, 0.2) is 0 Å². The molecule has 0 aliphatic carbocycles. The smallest absolute Gasteiger partial charge is 0.242 e. The molecule has 1 rings (SSSR count). The van der Waals surface area contributed by atoms with E-state index in [1.54, 1.807) is 0 Å². The van der Waals surface area contributed by atoms with Crippen LogP contribution in [0, 0.1) is 0 Å². The fourth-order valence-electron chi connectivity index (χ4n) is 1.90. The third-order valence-electron chi connectivity index (χ3n) is 3.17. The van der Waals surface area contributed by atoms with Gasteiger partial charge in [0.05, 0.1) is 6.61 Å². The molecule has 1 aromatic heterocycles. The Morgan fingerprint density at radius 2 is 1.85 bits per heavy atom. The number of ether oxygens (including phenoxy) is 1. The molecular formula is C14H27N5O. The molecular weight excluding hydrogens is 254 g/mol. The number of rotatable bonds is 9. The Kier molecular flexibility index (Phi) is 7.08. The van der Waals surface area contributed by atoms with E-state index >= 15 is 0 Å². The van der Waals surface area contributed by atoms with Crippen molar-refractivity contribution < 1.29 is 4.74 Å². The number of nitrogens with zero attached hydrogens (tertiary/aromatic N) is 3. The number of aryl methyl sites for hydroxylation is 1. The van der Waals surface area contributed by atoms with Crippen LogP contribution < -0.4 is 15.8 Å². The summed E-state index contributed by atoms with van der Waals surface area (Å²) in [6.45, 7) is 12.6. The summed E-state index contributed by atoms with van der Waals surface area (Å²) in [5, 5.41) is 3.29. The van der Waals surface area contributed by atoms with Crippen molar-refractivity contribution in [3.05, 3.63) is 5.82 Å². The number of aromatic nitrogens is 2. The van der Waals surface area contributed by atoms with Gasteiger partial charge in [-0.2, -0.15) is 4.98 Å². The van der Waals surface area contributed by atoms with Crippen molar-refractivity contribution in [1.82, 2.24) is 14.9 Å². The van der Waals surface area contributed by atoms with Crippen LogP contribution in [0.1, 0.15) is 33.5 Å². The Labute approximate surface area is 121 Å². The molecule has 1 aromatic rings. The normalized spacial score (nSPS) is 10.8. The number of likely N-dealkylation sites (N-methyl/N-ethyl adjacent to an activating group) is 1. The third kappa shape index (κ3) is 4.52. The Morgan fingerprint density at radius 1 is 1.15 bits per heavy atom. The van der Waals surface area contributed by atoms with Gasteiger partial charge in [-0.15, -0.1) is 0 Å². The molecule has 0 aliphatic rings. The van der Waals surface area contributed by atoms with E-state index in [0.29, 0.717) is 24.0 Å². The first kappa shape index (κ1) is 16.5. The molecule has 0 saturated carbocycles. The van der Waals surface area contributed by atoms with E-state index in [1.807, 2.05) is 13.8 Å². The average Bonchev–Trinajstić information content (AvgIpc) is 2.47. The molecule has 3 N–H and O–H groups in total. The van der Waals surface area contributed by atoms with E-state index in [2.05, 4.69) is 34.0 Å². The zero-order valence-electron chi connectivity index (χ0n) is 13.1. The average molecular weight is 281 g/mol. The van der Waals surface area contributed by atoms with Crippen molar-refractivity contribution in [2.24, 2.45) is 0 Å². The number of nitrogens with two attached hydrogens (primary N) is 1. The minimum Gasteiger partial charge on any atom is -0.476 e. The van der Waals surface area contributed by atoms with Crippen LogP contribution in [0.5, 0.6) is 5.88 Å². The van der Waals surface area contributed by atoms with Crippen molar-refractivity contribution in [3.63, 3.8) is 0 Å². The largest absolute Gasteiger partial charge is 0.476 e. The van der Waals surface area contributed by atoms with Gasteiger partial charge in [-0.25, -0.2) is 4.98 Å². The van der Waals surface area contributed by atoms with Gasteiger partial charge < -0.3 is 20.7 Å². The summed E-state index contributed by atoms with van der Waals surface area (Å²) in [7, 11) is 0. The lowest BCUT2D eigenvalue weighted by Crippen LogP contribution is -2.29. The lowest BCUT2D eigenvalue weighted by Gasteiger charge is -2.19. The van der Waals surface area contributed by atoms with Crippen LogP contribution in [0.3, 0.4) is 0 Å². The SMILES string of the molecule is CCOc1nc(CC)nc(NCCN(CC)CC)c1N.